The van der Waals surface area contributed by atoms with Crippen LogP contribution in [-0.4, -0.2) is 31.7 Å². The van der Waals surface area contributed by atoms with Crippen LogP contribution in [0.5, 0.6) is 5.75 Å². The van der Waals surface area contributed by atoms with Gasteiger partial charge in [-0.05, 0) is 17.7 Å². The fraction of sp³-hybridized carbons (Fsp3) is 0.300. The highest BCUT2D eigenvalue weighted by Gasteiger charge is 2.06. The summed E-state index contributed by atoms with van der Waals surface area (Å²) in [6, 6.07) is 6.29. The number of carbonyl (C=O) groups is 1. The van der Waals surface area contributed by atoms with Gasteiger partial charge in [-0.25, -0.2) is 13.6 Å². The second kappa shape index (κ2) is 5.65. The number of phenols is 1. The molecule has 7 heteroatoms. The SMILES string of the molecule is NS(=O)(=O)CCNC(=O)Cc1cccc(O)c1. The summed E-state index contributed by atoms with van der Waals surface area (Å²) in [5.41, 5.74) is 0.651. The van der Waals surface area contributed by atoms with E-state index in [2.05, 4.69) is 5.32 Å². The first-order valence-corrected chi connectivity index (χ1v) is 6.63. The number of benzene rings is 1. The van der Waals surface area contributed by atoms with Crippen molar-refractivity contribution >= 4 is 15.9 Å². The van der Waals surface area contributed by atoms with E-state index in [9.17, 15) is 18.3 Å². The van der Waals surface area contributed by atoms with Crippen molar-refractivity contribution in [2.75, 3.05) is 12.3 Å². The van der Waals surface area contributed by atoms with Crippen LogP contribution in [0.2, 0.25) is 0 Å². The Balaban J connectivity index is 2.40. The largest absolute Gasteiger partial charge is 0.508 e. The lowest BCUT2D eigenvalue weighted by atomic mass is 10.1. The third-order valence-electron chi connectivity index (χ3n) is 1.98. The van der Waals surface area contributed by atoms with Crippen LogP contribution in [0.15, 0.2) is 24.3 Å². The van der Waals surface area contributed by atoms with Gasteiger partial charge < -0.3 is 10.4 Å². The van der Waals surface area contributed by atoms with Crippen molar-refractivity contribution in [2.24, 2.45) is 5.14 Å². The summed E-state index contributed by atoms with van der Waals surface area (Å²) in [5, 5.41) is 16.4. The number of amides is 1. The number of nitrogens with one attached hydrogen (secondary N) is 1. The Morgan fingerprint density at radius 1 is 1.41 bits per heavy atom. The average Bonchev–Trinajstić information content (AvgIpc) is 2.15. The summed E-state index contributed by atoms with van der Waals surface area (Å²) < 4.78 is 21.2. The van der Waals surface area contributed by atoms with E-state index in [0.717, 1.165) is 0 Å². The average molecular weight is 258 g/mol. The van der Waals surface area contributed by atoms with Gasteiger partial charge in [-0.3, -0.25) is 4.79 Å². The lowest BCUT2D eigenvalue weighted by Crippen LogP contribution is -2.32. The van der Waals surface area contributed by atoms with E-state index < -0.39 is 10.0 Å². The van der Waals surface area contributed by atoms with Crippen LogP contribution in [0.4, 0.5) is 0 Å². The molecule has 0 aliphatic rings. The molecule has 0 saturated heterocycles. The normalized spacial score (nSPS) is 11.1. The highest BCUT2D eigenvalue weighted by Crippen LogP contribution is 2.10. The van der Waals surface area contributed by atoms with E-state index in [1.54, 1.807) is 12.1 Å². The Kier molecular flexibility index (Phi) is 4.47. The van der Waals surface area contributed by atoms with Gasteiger partial charge in [-0.15, -0.1) is 0 Å². The molecule has 1 rings (SSSR count). The van der Waals surface area contributed by atoms with E-state index in [-0.39, 0.29) is 30.4 Å². The quantitative estimate of drug-likeness (QED) is 0.651. The van der Waals surface area contributed by atoms with E-state index >= 15 is 0 Å². The molecule has 0 fully saturated rings. The fourth-order valence-corrected chi connectivity index (χ4v) is 1.63. The molecule has 0 unspecified atom stereocenters. The topological polar surface area (TPSA) is 109 Å². The zero-order chi connectivity index (χ0) is 12.9. The summed E-state index contributed by atoms with van der Waals surface area (Å²) in [5.74, 6) is -0.530. The van der Waals surface area contributed by atoms with Crippen molar-refractivity contribution in [1.82, 2.24) is 5.32 Å². The summed E-state index contributed by atoms with van der Waals surface area (Å²) in [4.78, 5) is 11.4. The first-order chi connectivity index (χ1) is 7.87. The zero-order valence-electron chi connectivity index (χ0n) is 9.09. The molecule has 0 heterocycles. The molecule has 94 valence electrons. The van der Waals surface area contributed by atoms with Crippen molar-refractivity contribution in [3.05, 3.63) is 29.8 Å². The highest BCUT2D eigenvalue weighted by atomic mass is 32.2. The van der Waals surface area contributed by atoms with Crippen molar-refractivity contribution in [3.8, 4) is 5.75 Å². The van der Waals surface area contributed by atoms with Crippen LogP contribution in [0.1, 0.15) is 5.56 Å². The molecule has 6 nitrogen and oxygen atoms in total. The molecule has 0 saturated carbocycles. The number of aromatic hydroxyl groups is 1. The third kappa shape index (κ3) is 5.88. The smallest absolute Gasteiger partial charge is 0.224 e. The second-order valence-electron chi connectivity index (χ2n) is 3.56. The maximum absolute atomic E-state index is 11.4. The molecule has 1 amide bonds. The fourth-order valence-electron chi connectivity index (χ4n) is 1.25. The number of carbonyl (C=O) groups excluding carboxylic acids is 1. The van der Waals surface area contributed by atoms with Gasteiger partial charge in [-0.1, -0.05) is 12.1 Å². The molecule has 0 spiro atoms. The number of rotatable bonds is 5. The van der Waals surface area contributed by atoms with E-state index in [1.165, 1.54) is 12.1 Å². The number of primary sulfonamides is 1. The minimum absolute atomic E-state index is 0.0174. The van der Waals surface area contributed by atoms with Crippen molar-refractivity contribution in [2.45, 2.75) is 6.42 Å². The molecule has 0 radical (unpaired) electrons. The highest BCUT2D eigenvalue weighted by molar-refractivity contribution is 7.89. The second-order valence-corrected chi connectivity index (χ2v) is 5.30. The Morgan fingerprint density at radius 2 is 2.12 bits per heavy atom. The summed E-state index contributed by atoms with van der Waals surface area (Å²) in [6.07, 6.45) is 0.0824. The maximum atomic E-state index is 11.4. The van der Waals surface area contributed by atoms with Gasteiger partial charge in [0.25, 0.3) is 0 Å². The Bertz CT molecular complexity index is 499. The Morgan fingerprint density at radius 3 is 2.71 bits per heavy atom. The number of hydrogen-bond acceptors (Lipinski definition) is 4. The monoisotopic (exact) mass is 258 g/mol. The molecule has 0 aromatic heterocycles. The number of nitrogens with two attached hydrogens (primary N) is 1. The van der Waals surface area contributed by atoms with Gasteiger partial charge in [0.15, 0.2) is 0 Å². The van der Waals surface area contributed by atoms with Gasteiger partial charge in [0.05, 0.1) is 12.2 Å². The summed E-state index contributed by atoms with van der Waals surface area (Å²) in [7, 11) is -3.55. The summed E-state index contributed by atoms with van der Waals surface area (Å²) >= 11 is 0. The molecule has 0 aliphatic carbocycles. The molecule has 1 aromatic carbocycles. The minimum Gasteiger partial charge on any atom is -0.508 e. The van der Waals surface area contributed by atoms with Crippen LogP contribution in [0, 0.1) is 0 Å². The van der Waals surface area contributed by atoms with Crippen molar-refractivity contribution < 1.29 is 18.3 Å². The lowest BCUT2D eigenvalue weighted by molar-refractivity contribution is -0.120. The molecule has 17 heavy (non-hydrogen) atoms. The number of hydrogen-bond donors (Lipinski definition) is 3. The van der Waals surface area contributed by atoms with E-state index in [0.29, 0.717) is 5.56 Å². The maximum Gasteiger partial charge on any atom is 0.224 e. The van der Waals surface area contributed by atoms with Gasteiger partial charge in [0, 0.05) is 6.54 Å². The van der Waals surface area contributed by atoms with E-state index in [4.69, 9.17) is 5.14 Å². The lowest BCUT2D eigenvalue weighted by Gasteiger charge is -2.04. The van der Waals surface area contributed by atoms with Gasteiger partial charge >= 0.3 is 0 Å². The minimum atomic E-state index is -3.55. The molecule has 1 aromatic rings. The van der Waals surface area contributed by atoms with E-state index in [1.807, 2.05) is 0 Å². The molecular weight excluding hydrogens is 244 g/mol. The van der Waals surface area contributed by atoms with Crippen LogP contribution in [0.3, 0.4) is 0 Å². The number of sulfonamides is 1. The standard InChI is InChI=1S/C10H14N2O4S/c11-17(15,16)5-4-12-10(14)7-8-2-1-3-9(13)6-8/h1-3,6,13H,4-5,7H2,(H,12,14)(H2,11,15,16). The van der Waals surface area contributed by atoms with Gasteiger partial charge in [0.1, 0.15) is 5.75 Å². The van der Waals surface area contributed by atoms with Crippen LogP contribution < -0.4 is 10.5 Å². The first-order valence-electron chi connectivity index (χ1n) is 4.92. The predicted molar refractivity (Wildman–Crippen MR) is 62.8 cm³/mol. The third-order valence-corrected chi connectivity index (χ3v) is 2.76. The van der Waals surface area contributed by atoms with Crippen LogP contribution in [0.25, 0.3) is 0 Å². The van der Waals surface area contributed by atoms with Gasteiger partial charge in [0.2, 0.25) is 15.9 Å². The molecule has 0 aliphatic heterocycles. The zero-order valence-corrected chi connectivity index (χ0v) is 9.90. The van der Waals surface area contributed by atoms with Crippen molar-refractivity contribution in [3.63, 3.8) is 0 Å². The summed E-state index contributed by atoms with van der Waals surface area (Å²) in [6.45, 7) is -0.0174. The Labute approximate surface area is 99.5 Å². The predicted octanol–water partition coefficient (Wildman–Crippen LogP) is -0.661. The van der Waals surface area contributed by atoms with Gasteiger partial charge in [-0.2, -0.15) is 0 Å². The molecule has 0 bridgehead atoms. The van der Waals surface area contributed by atoms with Crippen molar-refractivity contribution in [1.29, 1.82) is 0 Å². The van der Waals surface area contributed by atoms with Crippen LogP contribution >= 0.6 is 0 Å². The molecular formula is C10H14N2O4S. The molecule has 4 N–H and O–H groups in total. The van der Waals surface area contributed by atoms with Crippen LogP contribution in [-0.2, 0) is 21.2 Å². The Hall–Kier alpha value is -1.60. The molecule has 0 atom stereocenters. The number of phenolic OH excluding ortho intramolecular Hbond substituents is 1. The first kappa shape index (κ1) is 13.5.